The van der Waals surface area contributed by atoms with Gasteiger partial charge in [0.25, 0.3) is 0 Å². The molecule has 94 valence electrons. The summed E-state index contributed by atoms with van der Waals surface area (Å²) in [5.41, 5.74) is 5.80. The summed E-state index contributed by atoms with van der Waals surface area (Å²) in [4.78, 5) is 11.7. The van der Waals surface area contributed by atoms with E-state index in [0.29, 0.717) is 4.75 Å². The zero-order chi connectivity index (χ0) is 12.0. The molecule has 3 nitrogen and oxygen atoms in total. The van der Waals surface area contributed by atoms with E-state index < -0.39 is 0 Å². The highest BCUT2D eigenvalue weighted by molar-refractivity contribution is 8.00. The van der Waals surface area contributed by atoms with Crippen LogP contribution < -0.4 is 11.1 Å². The summed E-state index contributed by atoms with van der Waals surface area (Å²) in [5.74, 6) is 0.955. The van der Waals surface area contributed by atoms with E-state index in [-0.39, 0.29) is 11.9 Å². The van der Waals surface area contributed by atoms with Gasteiger partial charge in [-0.25, -0.2) is 0 Å². The van der Waals surface area contributed by atoms with Crippen LogP contribution in [0.15, 0.2) is 0 Å². The standard InChI is InChI=1S/C11H22N2OS2/c1-15-7-4-9(12)10(14)13-8-11(16-2)5-3-6-11/h9H,3-8,12H2,1-2H3,(H,13,14)/t9-/m1/s1. The minimum atomic E-state index is -0.341. The van der Waals surface area contributed by atoms with Gasteiger partial charge in [-0.3, -0.25) is 4.79 Å². The van der Waals surface area contributed by atoms with Gasteiger partial charge in [-0.1, -0.05) is 6.42 Å². The quantitative estimate of drug-likeness (QED) is 0.729. The molecular weight excluding hydrogens is 240 g/mol. The van der Waals surface area contributed by atoms with Gasteiger partial charge in [0.2, 0.25) is 5.91 Å². The highest BCUT2D eigenvalue weighted by Crippen LogP contribution is 2.42. The van der Waals surface area contributed by atoms with E-state index in [2.05, 4.69) is 11.6 Å². The first kappa shape index (κ1) is 14.2. The zero-order valence-electron chi connectivity index (χ0n) is 10.1. The molecule has 16 heavy (non-hydrogen) atoms. The number of nitrogens with one attached hydrogen (secondary N) is 1. The van der Waals surface area contributed by atoms with Gasteiger partial charge in [0.15, 0.2) is 0 Å². The van der Waals surface area contributed by atoms with Gasteiger partial charge in [-0.05, 0) is 37.5 Å². The van der Waals surface area contributed by atoms with Gasteiger partial charge in [-0.15, -0.1) is 0 Å². The molecule has 0 bridgehead atoms. The van der Waals surface area contributed by atoms with Crippen LogP contribution >= 0.6 is 23.5 Å². The van der Waals surface area contributed by atoms with E-state index in [4.69, 9.17) is 5.73 Å². The maximum atomic E-state index is 11.7. The largest absolute Gasteiger partial charge is 0.353 e. The van der Waals surface area contributed by atoms with Crippen molar-refractivity contribution in [2.45, 2.75) is 36.5 Å². The molecule has 0 aromatic heterocycles. The van der Waals surface area contributed by atoms with Crippen LogP contribution in [0.1, 0.15) is 25.7 Å². The maximum absolute atomic E-state index is 11.7. The Hall–Kier alpha value is 0.130. The Labute approximate surface area is 107 Å². The SMILES string of the molecule is CSCC[C@@H](N)C(=O)NCC1(SC)CCC1. The Bertz CT molecular complexity index is 227. The van der Waals surface area contributed by atoms with Crippen LogP contribution in [0.5, 0.6) is 0 Å². The summed E-state index contributed by atoms with van der Waals surface area (Å²) < 4.78 is 0.300. The van der Waals surface area contributed by atoms with Crippen molar-refractivity contribution in [3.63, 3.8) is 0 Å². The highest BCUT2D eigenvalue weighted by Gasteiger charge is 2.36. The second kappa shape index (κ2) is 6.77. The first-order chi connectivity index (χ1) is 7.63. The van der Waals surface area contributed by atoms with Gasteiger partial charge in [0, 0.05) is 11.3 Å². The molecule has 0 aliphatic heterocycles. The zero-order valence-corrected chi connectivity index (χ0v) is 11.8. The van der Waals surface area contributed by atoms with Crippen LogP contribution in [0.2, 0.25) is 0 Å². The lowest BCUT2D eigenvalue weighted by molar-refractivity contribution is -0.122. The number of carbonyl (C=O) groups is 1. The van der Waals surface area contributed by atoms with Gasteiger partial charge in [0.1, 0.15) is 0 Å². The third-order valence-corrected chi connectivity index (χ3v) is 5.31. The number of rotatable bonds is 7. The highest BCUT2D eigenvalue weighted by atomic mass is 32.2. The van der Waals surface area contributed by atoms with E-state index in [1.807, 2.05) is 18.0 Å². The van der Waals surface area contributed by atoms with Crippen LogP contribution in [-0.2, 0) is 4.79 Å². The number of hydrogen-bond acceptors (Lipinski definition) is 4. The van der Waals surface area contributed by atoms with Crippen molar-refractivity contribution in [3.05, 3.63) is 0 Å². The molecule has 1 amide bonds. The van der Waals surface area contributed by atoms with Gasteiger partial charge in [0.05, 0.1) is 6.04 Å². The van der Waals surface area contributed by atoms with E-state index in [1.165, 1.54) is 19.3 Å². The van der Waals surface area contributed by atoms with E-state index in [9.17, 15) is 4.79 Å². The molecule has 0 aromatic carbocycles. The molecule has 0 heterocycles. The van der Waals surface area contributed by atoms with Crippen molar-refractivity contribution in [3.8, 4) is 0 Å². The van der Waals surface area contributed by atoms with Crippen LogP contribution in [-0.4, -0.2) is 41.5 Å². The third kappa shape index (κ3) is 3.86. The molecular formula is C11H22N2OS2. The molecule has 3 N–H and O–H groups in total. The summed E-state index contributed by atoms with van der Waals surface area (Å²) in [6, 6.07) is -0.341. The average molecular weight is 262 g/mol. The summed E-state index contributed by atoms with van der Waals surface area (Å²) in [6.45, 7) is 0.778. The fourth-order valence-electron chi connectivity index (χ4n) is 1.78. The Kier molecular flexibility index (Phi) is 6.00. The van der Waals surface area contributed by atoms with Crippen molar-refractivity contribution < 1.29 is 4.79 Å². The van der Waals surface area contributed by atoms with Crippen LogP contribution in [0, 0.1) is 0 Å². The van der Waals surface area contributed by atoms with Crippen LogP contribution in [0.4, 0.5) is 0 Å². The first-order valence-electron chi connectivity index (χ1n) is 5.71. The Morgan fingerprint density at radius 1 is 1.50 bits per heavy atom. The van der Waals surface area contributed by atoms with Crippen molar-refractivity contribution >= 4 is 29.4 Å². The third-order valence-electron chi connectivity index (χ3n) is 3.25. The van der Waals surface area contributed by atoms with Crippen LogP contribution in [0.25, 0.3) is 0 Å². The van der Waals surface area contributed by atoms with Crippen LogP contribution in [0.3, 0.4) is 0 Å². The smallest absolute Gasteiger partial charge is 0.236 e. The minimum Gasteiger partial charge on any atom is -0.353 e. The summed E-state index contributed by atoms with van der Waals surface area (Å²) in [5, 5.41) is 2.99. The molecule has 5 heteroatoms. The lowest BCUT2D eigenvalue weighted by Crippen LogP contribution is -2.49. The fourth-order valence-corrected chi connectivity index (χ4v) is 3.18. The van der Waals surface area contributed by atoms with E-state index >= 15 is 0 Å². The lowest BCUT2D eigenvalue weighted by atomic mass is 9.84. The molecule has 1 rings (SSSR count). The van der Waals surface area contributed by atoms with Gasteiger partial charge < -0.3 is 11.1 Å². The Morgan fingerprint density at radius 3 is 2.62 bits per heavy atom. The van der Waals surface area contributed by atoms with Crippen molar-refractivity contribution in [1.82, 2.24) is 5.32 Å². The average Bonchev–Trinajstić information content (AvgIpc) is 2.24. The Balaban J connectivity index is 2.23. The molecule has 0 aromatic rings. The maximum Gasteiger partial charge on any atom is 0.236 e. The number of nitrogens with two attached hydrogens (primary N) is 1. The molecule has 0 radical (unpaired) electrons. The number of hydrogen-bond donors (Lipinski definition) is 2. The number of amides is 1. The van der Waals surface area contributed by atoms with Crippen molar-refractivity contribution in [1.29, 1.82) is 0 Å². The molecule has 1 saturated carbocycles. The molecule has 1 aliphatic carbocycles. The number of carbonyl (C=O) groups excluding carboxylic acids is 1. The molecule has 0 unspecified atom stereocenters. The molecule has 1 fully saturated rings. The predicted molar refractivity (Wildman–Crippen MR) is 74.1 cm³/mol. The Morgan fingerprint density at radius 2 is 2.19 bits per heavy atom. The second-order valence-corrected chi connectivity index (χ2v) is 6.61. The number of thioether (sulfide) groups is 2. The molecule has 1 atom stereocenters. The monoisotopic (exact) mass is 262 g/mol. The normalized spacial score (nSPS) is 19.9. The molecule has 1 aliphatic rings. The summed E-state index contributed by atoms with van der Waals surface area (Å²) in [6.07, 6.45) is 8.64. The fraction of sp³-hybridized carbons (Fsp3) is 0.909. The van der Waals surface area contributed by atoms with E-state index in [1.54, 1.807) is 11.8 Å². The van der Waals surface area contributed by atoms with Crippen molar-refractivity contribution in [2.24, 2.45) is 5.73 Å². The predicted octanol–water partition coefficient (Wildman–Crippen LogP) is 1.47. The van der Waals surface area contributed by atoms with Crippen molar-refractivity contribution in [2.75, 3.05) is 24.8 Å². The topological polar surface area (TPSA) is 55.1 Å². The van der Waals surface area contributed by atoms with E-state index in [0.717, 1.165) is 18.7 Å². The first-order valence-corrected chi connectivity index (χ1v) is 8.33. The molecule has 0 saturated heterocycles. The second-order valence-electron chi connectivity index (χ2n) is 4.35. The van der Waals surface area contributed by atoms with Gasteiger partial charge in [-0.2, -0.15) is 23.5 Å². The minimum absolute atomic E-state index is 0.00868. The summed E-state index contributed by atoms with van der Waals surface area (Å²) in [7, 11) is 0. The lowest BCUT2D eigenvalue weighted by Gasteiger charge is -2.40. The summed E-state index contributed by atoms with van der Waals surface area (Å²) >= 11 is 3.60. The molecule has 0 spiro atoms. The van der Waals surface area contributed by atoms with Gasteiger partial charge >= 0.3 is 0 Å².